The molecule has 0 heterocycles. The van der Waals surface area contributed by atoms with Crippen molar-refractivity contribution in [3.05, 3.63) is 0 Å². The topological polar surface area (TPSA) is 71.4 Å². The highest BCUT2D eigenvalue weighted by Crippen LogP contribution is 2.61. The van der Waals surface area contributed by atoms with Crippen molar-refractivity contribution in [3.8, 4) is 0 Å². The van der Waals surface area contributed by atoms with Crippen LogP contribution >= 0.6 is 11.8 Å². The SMILES string of the molecule is CC(=O)C(C)(SCC12CC3CC(CC(C3)C1)C2)S(=O)(=O)O. The third kappa shape index (κ3) is 2.68. The van der Waals surface area contributed by atoms with Crippen molar-refractivity contribution in [2.75, 3.05) is 5.75 Å². The molecule has 0 radical (unpaired) electrons. The third-order valence-electron chi connectivity index (χ3n) is 5.95. The van der Waals surface area contributed by atoms with Crippen molar-refractivity contribution in [1.29, 1.82) is 0 Å². The fraction of sp³-hybridized carbons (Fsp3) is 0.933. The highest BCUT2D eigenvalue weighted by Gasteiger charge is 2.53. The lowest BCUT2D eigenvalue weighted by atomic mass is 9.50. The van der Waals surface area contributed by atoms with Gasteiger partial charge in [0.1, 0.15) is 0 Å². The maximum absolute atomic E-state index is 11.8. The van der Waals surface area contributed by atoms with Crippen LogP contribution < -0.4 is 0 Å². The van der Waals surface area contributed by atoms with E-state index in [1.54, 1.807) is 0 Å². The number of thioether (sulfide) groups is 1. The van der Waals surface area contributed by atoms with Gasteiger partial charge in [0.2, 0.25) is 0 Å². The van der Waals surface area contributed by atoms with Gasteiger partial charge in [-0.05, 0) is 75.5 Å². The van der Waals surface area contributed by atoms with Crippen LogP contribution in [0.2, 0.25) is 0 Å². The summed E-state index contributed by atoms with van der Waals surface area (Å²) in [6.07, 6.45) is 7.53. The highest BCUT2D eigenvalue weighted by atomic mass is 32.3. The first-order valence-corrected chi connectivity index (χ1v) is 10.2. The molecule has 1 N–H and O–H groups in total. The number of hydrogen-bond acceptors (Lipinski definition) is 4. The Kier molecular flexibility index (Phi) is 3.74. The molecule has 0 spiro atoms. The van der Waals surface area contributed by atoms with E-state index < -0.39 is 20.0 Å². The van der Waals surface area contributed by atoms with Crippen LogP contribution in [0, 0.1) is 23.2 Å². The highest BCUT2D eigenvalue weighted by molar-refractivity contribution is 8.14. The summed E-state index contributed by atoms with van der Waals surface area (Å²) in [4.78, 5) is 11.8. The van der Waals surface area contributed by atoms with Crippen molar-refractivity contribution in [2.24, 2.45) is 23.2 Å². The average Bonchev–Trinajstić information content (AvgIpc) is 2.32. The number of ketones is 1. The van der Waals surface area contributed by atoms with E-state index in [2.05, 4.69) is 0 Å². The Bertz CT molecular complexity index is 519. The van der Waals surface area contributed by atoms with Gasteiger partial charge in [0.25, 0.3) is 10.1 Å². The van der Waals surface area contributed by atoms with E-state index in [1.165, 1.54) is 52.4 Å². The van der Waals surface area contributed by atoms with Gasteiger partial charge in [-0.2, -0.15) is 8.42 Å². The van der Waals surface area contributed by atoms with Gasteiger partial charge in [0.15, 0.2) is 9.86 Å². The van der Waals surface area contributed by atoms with Gasteiger partial charge in [-0.1, -0.05) is 0 Å². The molecule has 0 aromatic heterocycles. The zero-order valence-electron chi connectivity index (χ0n) is 12.7. The van der Waals surface area contributed by atoms with Crippen molar-refractivity contribution in [1.82, 2.24) is 0 Å². The Morgan fingerprint density at radius 3 is 1.95 bits per heavy atom. The molecule has 4 fully saturated rings. The quantitative estimate of drug-likeness (QED) is 0.783. The molecule has 0 saturated heterocycles. The van der Waals surface area contributed by atoms with Gasteiger partial charge < -0.3 is 0 Å². The Morgan fingerprint density at radius 1 is 1.19 bits per heavy atom. The molecular formula is C15H24O4S2. The van der Waals surface area contributed by atoms with Gasteiger partial charge in [0, 0.05) is 5.75 Å². The second kappa shape index (κ2) is 4.96. The molecule has 0 aromatic rings. The van der Waals surface area contributed by atoms with Crippen molar-refractivity contribution < 1.29 is 17.8 Å². The minimum absolute atomic E-state index is 0.195. The molecule has 0 aromatic carbocycles. The average molecular weight is 332 g/mol. The number of carbonyl (C=O) groups is 1. The first-order chi connectivity index (χ1) is 9.64. The lowest BCUT2D eigenvalue weighted by Gasteiger charge is -2.57. The molecule has 4 aliphatic carbocycles. The van der Waals surface area contributed by atoms with Crippen LogP contribution in [0.5, 0.6) is 0 Å². The molecule has 4 bridgehead atoms. The Labute approximate surface area is 131 Å². The Hall–Kier alpha value is -0.0700. The fourth-order valence-electron chi connectivity index (χ4n) is 5.12. The lowest BCUT2D eigenvalue weighted by molar-refractivity contribution is -0.117. The van der Waals surface area contributed by atoms with E-state index in [1.807, 2.05) is 0 Å². The van der Waals surface area contributed by atoms with E-state index in [4.69, 9.17) is 0 Å². The molecule has 1 unspecified atom stereocenters. The summed E-state index contributed by atoms with van der Waals surface area (Å²) in [5, 5.41) is 0. The molecule has 21 heavy (non-hydrogen) atoms. The van der Waals surface area contributed by atoms with Crippen LogP contribution in [0.25, 0.3) is 0 Å². The summed E-state index contributed by atoms with van der Waals surface area (Å²) in [6.45, 7) is 2.59. The van der Waals surface area contributed by atoms with E-state index in [-0.39, 0.29) is 5.41 Å². The van der Waals surface area contributed by atoms with Crippen LogP contribution in [-0.2, 0) is 14.9 Å². The standard InChI is InChI=1S/C15H24O4S2/c1-10(16)14(2,21(17,18)19)20-9-15-6-11-3-12(7-15)5-13(4-11)8-15/h11-13H,3-9H2,1-2H3,(H,17,18,19). The molecule has 1 atom stereocenters. The van der Waals surface area contributed by atoms with Crippen LogP contribution in [0.1, 0.15) is 52.4 Å². The summed E-state index contributed by atoms with van der Waals surface area (Å²) < 4.78 is 31.0. The van der Waals surface area contributed by atoms with E-state index >= 15 is 0 Å². The summed E-state index contributed by atoms with van der Waals surface area (Å²) in [6, 6.07) is 0. The van der Waals surface area contributed by atoms with Crippen LogP contribution in [-0.4, -0.2) is 28.6 Å². The summed E-state index contributed by atoms with van der Waals surface area (Å²) in [5.74, 6) is 2.58. The summed E-state index contributed by atoms with van der Waals surface area (Å²) in [7, 11) is -4.38. The number of carbonyl (C=O) groups excluding carboxylic acids is 1. The minimum atomic E-state index is -4.38. The molecule has 0 aliphatic heterocycles. The van der Waals surface area contributed by atoms with Gasteiger partial charge in [-0.25, -0.2) is 0 Å². The lowest BCUT2D eigenvalue weighted by Crippen LogP contribution is -2.48. The van der Waals surface area contributed by atoms with E-state index in [9.17, 15) is 17.8 Å². The molecule has 4 aliphatic rings. The van der Waals surface area contributed by atoms with Gasteiger partial charge in [-0.15, -0.1) is 11.8 Å². The van der Waals surface area contributed by atoms with Crippen LogP contribution in [0.3, 0.4) is 0 Å². The zero-order valence-corrected chi connectivity index (χ0v) is 14.3. The minimum Gasteiger partial charge on any atom is -0.297 e. The number of hydrogen-bond donors (Lipinski definition) is 1. The predicted octanol–water partition coefficient (Wildman–Crippen LogP) is 3.13. The normalized spacial score (nSPS) is 41.0. The first kappa shape index (κ1) is 15.8. The summed E-state index contributed by atoms with van der Waals surface area (Å²) >= 11 is 1.14. The third-order valence-corrected chi connectivity index (χ3v) is 9.80. The largest absolute Gasteiger partial charge is 0.297 e. The number of Topliss-reactive ketones (excluding diaryl/α,β-unsaturated/α-hetero) is 1. The molecule has 4 saturated carbocycles. The molecule has 6 heteroatoms. The summed E-state index contributed by atoms with van der Waals surface area (Å²) in [5.41, 5.74) is 0.195. The van der Waals surface area contributed by atoms with Crippen molar-refractivity contribution in [2.45, 2.75) is 56.5 Å². The molecular weight excluding hydrogens is 308 g/mol. The van der Waals surface area contributed by atoms with E-state index in [0.717, 1.165) is 29.5 Å². The predicted molar refractivity (Wildman–Crippen MR) is 83.7 cm³/mol. The monoisotopic (exact) mass is 332 g/mol. The second-order valence-corrected chi connectivity index (χ2v) is 11.1. The molecule has 4 nitrogen and oxygen atoms in total. The van der Waals surface area contributed by atoms with Gasteiger partial charge in [0.05, 0.1) is 0 Å². The second-order valence-electron chi connectivity index (χ2n) is 7.68. The van der Waals surface area contributed by atoms with Gasteiger partial charge >= 0.3 is 0 Å². The molecule has 120 valence electrons. The smallest absolute Gasteiger partial charge is 0.287 e. The maximum atomic E-state index is 11.8. The fourth-order valence-corrected chi connectivity index (χ4v) is 7.39. The van der Waals surface area contributed by atoms with Gasteiger partial charge in [-0.3, -0.25) is 9.35 Å². The van der Waals surface area contributed by atoms with E-state index in [0.29, 0.717) is 5.75 Å². The maximum Gasteiger partial charge on any atom is 0.287 e. The Balaban J connectivity index is 1.76. The van der Waals surface area contributed by atoms with Crippen LogP contribution in [0.4, 0.5) is 0 Å². The van der Waals surface area contributed by atoms with Crippen molar-refractivity contribution in [3.63, 3.8) is 0 Å². The molecule has 0 amide bonds. The zero-order chi connectivity index (χ0) is 15.5. The Morgan fingerprint density at radius 2 is 1.62 bits per heavy atom. The number of rotatable bonds is 5. The van der Waals surface area contributed by atoms with Crippen LogP contribution in [0.15, 0.2) is 0 Å². The first-order valence-electron chi connectivity index (χ1n) is 7.76. The molecule has 4 rings (SSSR count). The van der Waals surface area contributed by atoms with Crippen molar-refractivity contribution >= 4 is 27.7 Å².